The molecule has 0 saturated carbocycles. The topological polar surface area (TPSA) is 33.0 Å². The van der Waals surface area contributed by atoms with Crippen LogP contribution in [0.1, 0.15) is 20.8 Å². The first-order valence-corrected chi connectivity index (χ1v) is 7.69. The van der Waals surface area contributed by atoms with Gasteiger partial charge in [-0.2, -0.15) is 5.26 Å². The molecule has 0 heterocycles. The maximum absolute atomic E-state index is 8.75. The molecule has 0 radical (unpaired) electrons. The summed E-state index contributed by atoms with van der Waals surface area (Å²) in [6, 6.07) is 2.22. The first-order valence-electron chi connectivity index (χ1n) is 4.29. The van der Waals surface area contributed by atoms with Crippen molar-refractivity contribution in [2.45, 2.75) is 46.0 Å². The summed E-state index contributed by atoms with van der Waals surface area (Å²) >= 11 is 0. The number of nitriles is 1. The molecule has 0 saturated heterocycles. The minimum Gasteiger partial charge on any atom is -0.411 e. The van der Waals surface area contributed by atoms with Crippen LogP contribution in [0, 0.1) is 17.2 Å². The summed E-state index contributed by atoms with van der Waals surface area (Å²) in [4.78, 5) is 0. The van der Waals surface area contributed by atoms with E-state index in [9.17, 15) is 0 Å². The van der Waals surface area contributed by atoms with Crippen LogP contribution in [0.2, 0.25) is 19.6 Å². The number of rotatable bonds is 3. The second kappa shape index (κ2) is 3.59. The highest BCUT2D eigenvalue weighted by atomic mass is 28.4. The molecule has 0 aromatic rings. The Labute approximate surface area is 76.7 Å². The Hall–Kier alpha value is -0.333. The second-order valence-electron chi connectivity index (χ2n) is 4.67. The van der Waals surface area contributed by atoms with Gasteiger partial charge in [-0.05, 0) is 40.4 Å². The van der Waals surface area contributed by atoms with Gasteiger partial charge in [-0.15, -0.1) is 0 Å². The van der Waals surface area contributed by atoms with Crippen LogP contribution < -0.4 is 0 Å². The minimum absolute atomic E-state index is 0.0516. The van der Waals surface area contributed by atoms with Crippen molar-refractivity contribution in [3.63, 3.8) is 0 Å². The quantitative estimate of drug-likeness (QED) is 0.633. The Morgan fingerprint density at radius 2 is 1.75 bits per heavy atom. The van der Waals surface area contributed by atoms with Crippen molar-refractivity contribution >= 4 is 8.32 Å². The molecule has 0 amide bonds. The third-order valence-corrected chi connectivity index (χ3v) is 2.94. The van der Waals surface area contributed by atoms with E-state index in [-0.39, 0.29) is 11.5 Å². The van der Waals surface area contributed by atoms with Crippen LogP contribution >= 0.6 is 0 Å². The summed E-state index contributed by atoms with van der Waals surface area (Å²) in [5.74, 6) is -0.0516. The highest BCUT2D eigenvalue weighted by Crippen LogP contribution is 2.24. The van der Waals surface area contributed by atoms with Crippen molar-refractivity contribution in [3.8, 4) is 6.07 Å². The lowest BCUT2D eigenvalue weighted by Crippen LogP contribution is -2.42. The smallest absolute Gasteiger partial charge is 0.184 e. The average Bonchev–Trinajstić information content (AvgIpc) is 1.80. The molecule has 0 aromatic carbocycles. The predicted molar refractivity (Wildman–Crippen MR) is 53.3 cm³/mol. The van der Waals surface area contributed by atoms with Crippen molar-refractivity contribution in [3.05, 3.63) is 0 Å². The maximum atomic E-state index is 8.75. The van der Waals surface area contributed by atoms with Crippen LogP contribution in [0.4, 0.5) is 0 Å². The van der Waals surface area contributed by atoms with E-state index in [2.05, 4.69) is 25.7 Å². The van der Waals surface area contributed by atoms with Crippen molar-refractivity contribution in [2.75, 3.05) is 0 Å². The van der Waals surface area contributed by atoms with Crippen molar-refractivity contribution in [1.29, 1.82) is 5.26 Å². The third-order valence-electron chi connectivity index (χ3n) is 1.81. The second-order valence-corrected chi connectivity index (χ2v) is 9.10. The van der Waals surface area contributed by atoms with Crippen LogP contribution in [0.25, 0.3) is 0 Å². The lowest BCUT2D eigenvalue weighted by molar-refractivity contribution is 0.0668. The Bertz CT molecular complexity index is 188. The summed E-state index contributed by atoms with van der Waals surface area (Å²) in [5, 5.41) is 8.75. The van der Waals surface area contributed by atoms with Gasteiger partial charge in [-0.25, -0.2) is 0 Å². The van der Waals surface area contributed by atoms with E-state index in [0.717, 1.165) is 0 Å². The normalized spacial score (nSPS) is 15.4. The molecule has 0 rings (SSSR count). The van der Waals surface area contributed by atoms with Crippen LogP contribution in [0.3, 0.4) is 0 Å². The number of nitrogens with zero attached hydrogens (tertiary/aromatic N) is 1. The van der Waals surface area contributed by atoms with Crippen LogP contribution in [0.5, 0.6) is 0 Å². The summed E-state index contributed by atoms with van der Waals surface area (Å²) in [7, 11) is -1.52. The first-order chi connectivity index (χ1) is 5.19. The SMILES string of the molecule is CC(C#N)C(C)(C)O[Si](C)(C)C. The molecule has 0 fully saturated rings. The van der Waals surface area contributed by atoms with Gasteiger partial charge in [0.05, 0.1) is 17.6 Å². The van der Waals surface area contributed by atoms with Gasteiger partial charge in [0.2, 0.25) is 0 Å². The van der Waals surface area contributed by atoms with Gasteiger partial charge in [0.25, 0.3) is 0 Å². The third kappa shape index (κ3) is 3.89. The number of hydrogen-bond donors (Lipinski definition) is 0. The standard InChI is InChI=1S/C9H19NOSi/c1-8(7-10)9(2,3)11-12(4,5)6/h8H,1-6H3. The van der Waals surface area contributed by atoms with Gasteiger partial charge < -0.3 is 4.43 Å². The molecular weight excluding hydrogens is 166 g/mol. The Balaban J connectivity index is 4.35. The van der Waals surface area contributed by atoms with E-state index in [1.54, 1.807) is 0 Å². The van der Waals surface area contributed by atoms with Gasteiger partial charge in [0.15, 0.2) is 8.32 Å². The molecule has 0 N–H and O–H groups in total. The monoisotopic (exact) mass is 185 g/mol. The Morgan fingerprint density at radius 1 is 1.33 bits per heavy atom. The van der Waals surface area contributed by atoms with Crippen molar-refractivity contribution < 1.29 is 4.43 Å². The molecule has 2 nitrogen and oxygen atoms in total. The lowest BCUT2D eigenvalue weighted by atomic mass is 9.95. The van der Waals surface area contributed by atoms with E-state index in [1.165, 1.54) is 0 Å². The number of hydrogen-bond acceptors (Lipinski definition) is 2. The molecule has 3 heteroatoms. The largest absolute Gasteiger partial charge is 0.411 e. The van der Waals surface area contributed by atoms with E-state index >= 15 is 0 Å². The maximum Gasteiger partial charge on any atom is 0.184 e. The predicted octanol–water partition coefficient (Wildman–Crippen LogP) is 2.78. The minimum atomic E-state index is -1.52. The highest BCUT2D eigenvalue weighted by Gasteiger charge is 2.32. The zero-order chi connectivity index (χ0) is 9.99. The highest BCUT2D eigenvalue weighted by molar-refractivity contribution is 6.69. The molecule has 0 aliphatic rings. The molecule has 70 valence electrons. The summed E-state index contributed by atoms with van der Waals surface area (Å²) in [6.07, 6.45) is 0. The van der Waals surface area contributed by atoms with Crippen LogP contribution in [0.15, 0.2) is 0 Å². The van der Waals surface area contributed by atoms with Gasteiger partial charge in [0.1, 0.15) is 0 Å². The molecular formula is C9H19NOSi. The summed E-state index contributed by atoms with van der Waals surface area (Å²) in [5.41, 5.74) is -0.306. The van der Waals surface area contributed by atoms with Gasteiger partial charge in [0, 0.05) is 0 Å². The molecule has 0 bridgehead atoms. The molecule has 1 atom stereocenters. The zero-order valence-corrected chi connectivity index (χ0v) is 9.93. The molecule has 0 aliphatic carbocycles. The van der Waals surface area contributed by atoms with E-state index in [4.69, 9.17) is 9.69 Å². The van der Waals surface area contributed by atoms with Gasteiger partial charge in [-0.1, -0.05) is 0 Å². The van der Waals surface area contributed by atoms with Gasteiger partial charge in [-0.3, -0.25) is 0 Å². The molecule has 0 aliphatic heterocycles. The molecule has 0 spiro atoms. The molecule has 0 aromatic heterocycles. The van der Waals surface area contributed by atoms with Gasteiger partial charge >= 0.3 is 0 Å². The van der Waals surface area contributed by atoms with E-state index < -0.39 is 8.32 Å². The lowest BCUT2D eigenvalue weighted by Gasteiger charge is -2.34. The summed E-state index contributed by atoms with van der Waals surface area (Å²) in [6.45, 7) is 12.3. The fourth-order valence-corrected chi connectivity index (χ4v) is 2.79. The first kappa shape index (κ1) is 11.7. The Kier molecular flexibility index (Phi) is 3.49. The zero-order valence-electron chi connectivity index (χ0n) is 8.93. The average molecular weight is 185 g/mol. The van der Waals surface area contributed by atoms with Crippen molar-refractivity contribution in [1.82, 2.24) is 0 Å². The fraction of sp³-hybridized carbons (Fsp3) is 0.889. The molecule has 12 heavy (non-hydrogen) atoms. The summed E-state index contributed by atoms with van der Waals surface area (Å²) < 4.78 is 5.89. The van der Waals surface area contributed by atoms with Crippen LogP contribution in [-0.4, -0.2) is 13.9 Å². The van der Waals surface area contributed by atoms with E-state index in [0.29, 0.717) is 0 Å². The van der Waals surface area contributed by atoms with Crippen molar-refractivity contribution in [2.24, 2.45) is 5.92 Å². The fourth-order valence-electron chi connectivity index (χ4n) is 1.03. The molecule has 1 unspecified atom stereocenters. The van der Waals surface area contributed by atoms with Crippen LogP contribution in [-0.2, 0) is 4.43 Å². The Morgan fingerprint density at radius 3 is 2.00 bits per heavy atom. The van der Waals surface area contributed by atoms with E-state index in [1.807, 2.05) is 20.8 Å².